The molecule has 1 aromatic carbocycles. The number of benzene rings is 1. The van der Waals surface area contributed by atoms with Crippen LogP contribution >= 0.6 is 0 Å². The Morgan fingerprint density at radius 3 is 2.38 bits per heavy atom. The number of rotatable bonds is 6. The van der Waals surface area contributed by atoms with Crippen LogP contribution in [-0.4, -0.2) is 79.4 Å². The maximum Gasteiger partial charge on any atom is 0.253 e. The van der Waals surface area contributed by atoms with Crippen molar-refractivity contribution < 1.29 is 14.4 Å². The molecule has 3 amide bonds. The molecular formula is C26H39N5O3. The van der Waals surface area contributed by atoms with Crippen LogP contribution in [0.15, 0.2) is 24.3 Å². The number of carbonyl (C=O) groups is 3. The second-order valence-electron chi connectivity index (χ2n) is 10.3. The Kier molecular flexibility index (Phi) is 8.08. The Bertz CT molecular complexity index is 866. The molecule has 1 aromatic rings. The van der Waals surface area contributed by atoms with Crippen molar-refractivity contribution in [1.82, 2.24) is 15.1 Å². The summed E-state index contributed by atoms with van der Waals surface area (Å²) in [6.07, 6.45) is 6.40. The van der Waals surface area contributed by atoms with Crippen molar-refractivity contribution in [2.75, 3.05) is 50.7 Å². The average Bonchev–Trinajstić information content (AvgIpc) is 2.84. The van der Waals surface area contributed by atoms with Gasteiger partial charge in [0.2, 0.25) is 11.8 Å². The molecule has 186 valence electrons. The standard InChI is InChI=1S/C26H39N5O3/c1-19-4-2-6-22(16-19)28-24(32)18-29-12-14-30(15-13-29)26(34)20-7-9-23(10-8-20)31-11-3-5-21(17-31)25(27)33/h7-10,19,21-22H,2-6,11-18H2,1H3,(H2,27,33)(H,28,32). The summed E-state index contributed by atoms with van der Waals surface area (Å²) in [4.78, 5) is 43.2. The highest BCUT2D eigenvalue weighted by Gasteiger charge is 2.27. The van der Waals surface area contributed by atoms with Crippen molar-refractivity contribution >= 4 is 23.4 Å². The number of nitrogens with one attached hydrogen (secondary N) is 1. The van der Waals surface area contributed by atoms with E-state index in [0.717, 1.165) is 37.9 Å². The minimum Gasteiger partial charge on any atom is -0.371 e. The fraction of sp³-hybridized carbons (Fsp3) is 0.654. The molecule has 8 nitrogen and oxygen atoms in total. The molecule has 0 spiro atoms. The Hall–Kier alpha value is -2.61. The summed E-state index contributed by atoms with van der Waals surface area (Å²) in [5.74, 6) is 0.470. The molecule has 0 radical (unpaired) electrons. The van der Waals surface area contributed by atoms with Gasteiger partial charge in [-0.25, -0.2) is 0 Å². The fourth-order valence-corrected chi connectivity index (χ4v) is 5.59. The number of anilines is 1. The first kappa shape index (κ1) is 24.5. The molecule has 4 rings (SSSR count). The Morgan fingerprint density at radius 2 is 1.71 bits per heavy atom. The van der Waals surface area contributed by atoms with Crippen molar-refractivity contribution in [1.29, 1.82) is 0 Å². The zero-order chi connectivity index (χ0) is 24.1. The van der Waals surface area contributed by atoms with E-state index >= 15 is 0 Å². The molecule has 3 aliphatic rings. The summed E-state index contributed by atoms with van der Waals surface area (Å²) in [6, 6.07) is 7.98. The van der Waals surface area contributed by atoms with Gasteiger partial charge in [-0.1, -0.05) is 19.8 Å². The maximum atomic E-state index is 13.0. The average molecular weight is 470 g/mol. The molecule has 3 atom stereocenters. The largest absolute Gasteiger partial charge is 0.371 e. The number of amides is 3. The number of piperidine rings is 1. The van der Waals surface area contributed by atoms with E-state index in [4.69, 9.17) is 5.73 Å². The number of hydrogen-bond donors (Lipinski definition) is 2. The van der Waals surface area contributed by atoms with E-state index in [0.29, 0.717) is 56.8 Å². The van der Waals surface area contributed by atoms with Gasteiger partial charge in [-0.2, -0.15) is 0 Å². The lowest BCUT2D eigenvalue weighted by Crippen LogP contribution is -2.52. The number of nitrogens with two attached hydrogens (primary N) is 1. The van der Waals surface area contributed by atoms with Crippen LogP contribution in [0.1, 0.15) is 55.8 Å². The molecule has 3 N–H and O–H groups in total. The molecule has 34 heavy (non-hydrogen) atoms. The van der Waals surface area contributed by atoms with Crippen LogP contribution < -0.4 is 16.0 Å². The third-order valence-corrected chi connectivity index (χ3v) is 7.63. The van der Waals surface area contributed by atoms with Gasteiger partial charge in [0, 0.05) is 56.6 Å². The number of hydrogen-bond acceptors (Lipinski definition) is 5. The summed E-state index contributed by atoms with van der Waals surface area (Å²) < 4.78 is 0. The van der Waals surface area contributed by atoms with Crippen molar-refractivity contribution in [3.05, 3.63) is 29.8 Å². The third kappa shape index (κ3) is 6.29. The summed E-state index contributed by atoms with van der Waals surface area (Å²) in [5, 5.41) is 3.21. The van der Waals surface area contributed by atoms with Crippen molar-refractivity contribution in [3.8, 4) is 0 Å². The van der Waals surface area contributed by atoms with Gasteiger partial charge in [0.1, 0.15) is 0 Å². The summed E-state index contributed by atoms with van der Waals surface area (Å²) in [5.41, 5.74) is 7.19. The monoisotopic (exact) mass is 469 g/mol. The van der Waals surface area contributed by atoms with Crippen LogP contribution in [0.4, 0.5) is 5.69 Å². The highest BCUT2D eigenvalue weighted by molar-refractivity contribution is 5.94. The lowest BCUT2D eigenvalue weighted by molar-refractivity contribution is -0.123. The van der Waals surface area contributed by atoms with Crippen LogP contribution in [0.3, 0.4) is 0 Å². The first-order valence-corrected chi connectivity index (χ1v) is 12.8. The van der Waals surface area contributed by atoms with Crippen LogP contribution in [0.2, 0.25) is 0 Å². The van der Waals surface area contributed by atoms with Gasteiger partial charge in [0.25, 0.3) is 5.91 Å². The van der Waals surface area contributed by atoms with Crippen molar-refractivity contribution in [2.24, 2.45) is 17.6 Å². The number of nitrogens with zero attached hydrogens (tertiary/aromatic N) is 3. The highest BCUT2D eigenvalue weighted by Crippen LogP contribution is 2.25. The topological polar surface area (TPSA) is 99.0 Å². The maximum absolute atomic E-state index is 13.0. The van der Waals surface area contributed by atoms with Gasteiger partial charge < -0.3 is 20.9 Å². The van der Waals surface area contributed by atoms with E-state index in [2.05, 4.69) is 22.0 Å². The molecule has 8 heteroatoms. The second-order valence-corrected chi connectivity index (χ2v) is 10.3. The second kappa shape index (κ2) is 11.2. The molecule has 0 bridgehead atoms. The molecule has 1 aliphatic carbocycles. The highest BCUT2D eigenvalue weighted by atomic mass is 16.2. The number of carbonyl (C=O) groups excluding carboxylic acids is 3. The first-order valence-electron chi connectivity index (χ1n) is 12.8. The fourth-order valence-electron chi connectivity index (χ4n) is 5.59. The molecule has 3 fully saturated rings. The zero-order valence-corrected chi connectivity index (χ0v) is 20.4. The summed E-state index contributed by atoms with van der Waals surface area (Å²) >= 11 is 0. The molecule has 2 aliphatic heterocycles. The van der Waals surface area contributed by atoms with Crippen molar-refractivity contribution in [2.45, 2.75) is 51.5 Å². The number of primary amides is 1. The quantitative estimate of drug-likeness (QED) is 0.662. The minimum atomic E-state index is -0.239. The van der Waals surface area contributed by atoms with Gasteiger partial charge in [-0.15, -0.1) is 0 Å². The van der Waals surface area contributed by atoms with Gasteiger partial charge in [-0.3, -0.25) is 19.3 Å². The minimum absolute atomic E-state index is 0.0282. The van der Waals surface area contributed by atoms with Crippen LogP contribution in [0.5, 0.6) is 0 Å². The Morgan fingerprint density at radius 1 is 0.971 bits per heavy atom. The van der Waals surface area contributed by atoms with Gasteiger partial charge in [0.05, 0.1) is 12.5 Å². The van der Waals surface area contributed by atoms with Crippen LogP contribution in [-0.2, 0) is 9.59 Å². The first-order chi connectivity index (χ1) is 16.4. The Balaban J connectivity index is 1.23. The third-order valence-electron chi connectivity index (χ3n) is 7.63. The van der Waals surface area contributed by atoms with E-state index < -0.39 is 0 Å². The molecule has 2 saturated heterocycles. The van der Waals surface area contributed by atoms with Gasteiger partial charge >= 0.3 is 0 Å². The normalized spacial score (nSPS) is 26.2. The predicted octanol–water partition coefficient (Wildman–Crippen LogP) is 1.84. The Labute approximate surface area is 202 Å². The van der Waals surface area contributed by atoms with Gasteiger partial charge in [0.15, 0.2) is 0 Å². The smallest absolute Gasteiger partial charge is 0.253 e. The number of piperazine rings is 1. The van der Waals surface area contributed by atoms with E-state index in [1.165, 1.54) is 12.8 Å². The van der Waals surface area contributed by atoms with Crippen LogP contribution in [0.25, 0.3) is 0 Å². The zero-order valence-electron chi connectivity index (χ0n) is 20.4. The molecule has 3 unspecified atom stereocenters. The van der Waals surface area contributed by atoms with Gasteiger partial charge in [-0.05, 0) is 55.9 Å². The lowest BCUT2D eigenvalue weighted by atomic mass is 9.87. The molecular weight excluding hydrogens is 430 g/mol. The van der Waals surface area contributed by atoms with E-state index in [1.54, 1.807) is 0 Å². The van der Waals surface area contributed by atoms with Crippen LogP contribution in [0, 0.1) is 11.8 Å². The predicted molar refractivity (Wildman–Crippen MR) is 132 cm³/mol. The lowest BCUT2D eigenvalue weighted by Gasteiger charge is -2.35. The van der Waals surface area contributed by atoms with E-state index in [1.807, 2.05) is 29.2 Å². The van der Waals surface area contributed by atoms with E-state index in [9.17, 15) is 14.4 Å². The van der Waals surface area contributed by atoms with E-state index in [-0.39, 0.29) is 23.6 Å². The summed E-state index contributed by atoms with van der Waals surface area (Å²) in [7, 11) is 0. The molecule has 1 saturated carbocycles. The summed E-state index contributed by atoms with van der Waals surface area (Å²) in [6.45, 7) is 6.87. The molecule has 0 aromatic heterocycles. The van der Waals surface area contributed by atoms with Crippen molar-refractivity contribution in [3.63, 3.8) is 0 Å². The SMILES string of the molecule is CC1CCCC(NC(=O)CN2CCN(C(=O)c3ccc(N4CCCC(C(N)=O)C4)cc3)CC2)C1. The molecule has 2 heterocycles.